The first-order valence-electron chi connectivity index (χ1n) is 8.35. The third kappa shape index (κ3) is 5.01. The molecule has 1 heterocycles. The molecule has 0 amide bonds. The van der Waals surface area contributed by atoms with Gasteiger partial charge in [-0.25, -0.2) is 0 Å². The van der Waals surface area contributed by atoms with Gasteiger partial charge in [-0.05, 0) is 46.0 Å². The topological polar surface area (TPSA) is 30.5 Å². The summed E-state index contributed by atoms with van der Waals surface area (Å²) in [6.07, 6.45) is 6.22. The van der Waals surface area contributed by atoms with Crippen molar-refractivity contribution in [2.45, 2.75) is 70.9 Å². The van der Waals surface area contributed by atoms with Crippen molar-refractivity contribution >= 4 is 0 Å². The molecule has 0 aromatic rings. The maximum atomic E-state index is 6.48. The summed E-state index contributed by atoms with van der Waals surface area (Å²) in [5.41, 5.74) is 0.209. The molecule has 3 unspecified atom stereocenters. The van der Waals surface area contributed by atoms with Crippen LogP contribution in [0.3, 0.4) is 0 Å². The van der Waals surface area contributed by atoms with Gasteiger partial charge in [0.25, 0.3) is 0 Å². The average Bonchev–Trinajstić information content (AvgIpc) is 2.87. The molecule has 0 spiro atoms. The van der Waals surface area contributed by atoms with Crippen molar-refractivity contribution in [3.05, 3.63) is 0 Å². The Morgan fingerprint density at radius 1 is 1.30 bits per heavy atom. The first-order chi connectivity index (χ1) is 9.39. The molecule has 20 heavy (non-hydrogen) atoms. The minimum Gasteiger partial charge on any atom is -0.381 e. The molecule has 3 nitrogen and oxygen atoms in total. The van der Waals surface area contributed by atoms with Crippen LogP contribution in [0.4, 0.5) is 0 Å². The molecule has 1 aliphatic heterocycles. The SMILES string of the molecule is CC1CCCC(CNC(C)(C)C)(OCC2CCOC2)C1. The van der Waals surface area contributed by atoms with E-state index >= 15 is 0 Å². The van der Waals surface area contributed by atoms with Crippen LogP contribution in [0.15, 0.2) is 0 Å². The van der Waals surface area contributed by atoms with Crippen LogP contribution in [-0.4, -0.2) is 37.5 Å². The van der Waals surface area contributed by atoms with Crippen molar-refractivity contribution in [3.8, 4) is 0 Å². The Labute approximate surface area is 124 Å². The molecule has 2 aliphatic rings. The van der Waals surface area contributed by atoms with Gasteiger partial charge >= 0.3 is 0 Å². The third-order valence-corrected chi connectivity index (χ3v) is 4.64. The highest BCUT2D eigenvalue weighted by Gasteiger charge is 2.37. The summed E-state index contributed by atoms with van der Waals surface area (Å²) in [5, 5.41) is 3.67. The van der Waals surface area contributed by atoms with Gasteiger partial charge in [-0.15, -0.1) is 0 Å². The predicted octanol–water partition coefficient (Wildman–Crippen LogP) is 3.38. The summed E-state index contributed by atoms with van der Waals surface area (Å²) in [4.78, 5) is 0. The number of nitrogens with one attached hydrogen (secondary N) is 1. The van der Waals surface area contributed by atoms with E-state index in [1.165, 1.54) is 32.1 Å². The molecule has 0 aromatic carbocycles. The van der Waals surface area contributed by atoms with Gasteiger partial charge in [-0.1, -0.05) is 19.8 Å². The third-order valence-electron chi connectivity index (χ3n) is 4.64. The Hall–Kier alpha value is -0.120. The van der Waals surface area contributed by atoms with E-state index in [4.69, 9.17) is 9.47 Å². The van der Waals surface area contributed by atoms with Gasteiger partial charge < -0.3 is 14.8 Å². The fourth-order valence-electron chi connectivity index (χ4n) is 3.39. The lowest BCUT2D eigenvalue weighted by atomic mass is 9.78. The highest BCUT2D eigenvalue weighted by molar-refractivity contribution is 4.91. The van der Waals surface area contributed by atoms with Crippen LogP contribution < -0.4 is 5.32 Å². The summed E-state index contributed by atoms with van der Waals surface area (Å²) in [5.74, 6) is 1.39. The molecule has 3 atom stereocenters. The van der Waals surface area contributed by atoms with Crippen molar-refractivity contribution in [1.82, 2.24) is 5.32 Å². The lowest BCUT2D eigenvalue weighted by molar-refractivity contribution is -0.0940. The van der Waals surface area contributed by atoms with E-state index in [9.17, 15) is 0 Å². The van der Waals surface area contributed by atoms with E-state index in [0.717, 1.165) is 32.3 Å². The van der Waals surface area contributed by atoms with Crippen molar-refractivity contribution in [3.63, 3.8) is 0 Å². The highest BCUT2D eigenvalue weighted by atomic mass is 16.5. The van der Waals surface area contributed by atoms with Gasteiger partial charge in [-0.2, -0.15) is 0 Å². The second-order valence-electron chi connectivity index (χ2n) is 8.03. The van der Waals surface area contributed by atoms with Gasteiger partial charge in [0.1, 0.15) is 0 Å². The van der Waals surface area contributed by atoms with Crippen LogP contribution in [0.1, 0.15) is 59.8 Å². The van der Waals surface area contributed by atoms with Crippen LogP contribution >= 0.6 is 0 Å². The monoisotopic (exact) mass is 283 g/mol. The quantitative estimate of drug-likeness (QED) is 0.839. The zero-order valence-electron chi connectivity index (χ0n) is 13.8. The van der Waals surface area contributed by atoms with E-state index in [2.05, 4.69) is 33.0 Å². The minimum absolute atomic E-state index is 0.0491. The van der Waals surface area contributed by atoms with Crippen molar-refractivity contribution in [2.75, 3.05) is 26.4 Å². The number of hydrogen-bond acceptors (Lipinski definition) is 3. The molecule has 0 aromatic heterocycles. The second kappa shape index (κ2) is 6.76. The molecule has 1 saturated heterocycles. The summed E-state index contributed by atoms with van der Waals surface area (Å²) in [6, 6.07) is 0. The molecule has 2 rings (SSSR count). The van der Waals surface area contributed by atoms with Crippen molar-refractivity contribution in [2.24, 2.45) is 11.8 Å². The molecule has 0 radical (unpaired) electrons. The van der Waals surface area contributed by atoms with Crippen molar-refractivity contribution < 1.29 is 9.47 Å². The summed E-state index contributed by atoms with van der Waals surface area (Å²) >= 11 is 0. The van der Waals surface area contributed by atoms with E-state index in [0.29, 0.717) is 5.92 Å². The zero-order chi connectivity index (χ0) is 14.6. The fraction of sp³-hybridized carbons (Fsp3) is 1.00. The first kappa shape index (κ1) is 16.3. The molecule has 1 N–H and O–H groups in total. The molecular formula is C17H33NO2. The van der Waals surface area contributed by atoms with Crippen LogP contribution in [0.5, 0.6) is 0 Å². The summed E-state index contributed by atoms with van der Waals surface area (Å²) in [7, 11) is 0. The standard InChI is InChI=1S/C17H33NO2/c1-14-6-5-8-17(10-14,13-18-16(2,3)4)20-12-15-7-9-19-11-15/h14-15,18H,5-13H2,1-4H3. The fourth-order valence-corrected chi connectivity index (χ4v) is 3.39. The van der Waals surface area contributed by atoms with E-state index in [1.54, 1.807) is 0 Å². The Morgan fingerprint density at radius 3 is 2.70 bits per heavy atom. The van der Waals surface area contributed by atoms with Gasteiger partial charge in [0, 0.05) is 24.6 Å². The van der Waals surface area contributed by atoms with Gasteiger partial charge in [0.05, 0.1) is 18.8 Å². The van der Waals surface area contributed by atoms with Gasteiger partial charge in [0.15, 0.2) is 0 Å². The number of hydrogen-bond donors (Lipinski definition) is 1. The molecule has 1 saturated carbocycles. The van der Waals surface area contributed by atoms with Crippen LogP contribution in [0.25, 0.3) is 0 Å². The lowest BCUT2D eigenvalue weighted by Crippen LogP contribution is -2.51. The molecule has 118 valence electrons. The Morgan fingerprint density at radius 2 is 2.10 bits per heavy atom. The van der Waals surface area contributed by atoms with Crippen LogP contribution in [0, 0.1) is 11.8 Å². The van der Waals surface area contributed by atoms with Crippen LogP contribution in [0.2, 0.25) is 0 Å². The average molecular weight is 283 g/mol. The smallest absolute Gasteiger partial charge is 0.0809 e. The van der Waals surface area contributed by atoms with E-state index in [-0.39, 0.29) is 11.1 Å². The Bertz CT molecular complexity index is 294. The van der Waals surface area contributed by atoms with Crippen LogP contribution in [-0.2, 0) is 9.47 Å². The van der Waals surface area contributed by atoms with Crippen molar-refractivity contribution in [1.29, 1.82) is 0 Å². The normalized spacial score (nSPS) is 35.4. The largest absolute Gasteiger partial charge is 0.381 e. The van der Waals surface area contributed by atoms with E-state index < -0.39 is 0 Å². The minimum atomic E-state index is 0.0491. The van der Waals surface area contributed by atoms with Gasteiger partial charge in [0.2, 0.25) is 0 Å². The van der Waals surface area contributed by atoms with Gasteiger partial charge in [-0.3, -0.25) is 0 Å². The maximum Gasteiger partial charge on any atom is 0.0809 e. The number of ether oxygens (including phenoxy) is 2. The Balaban J connectivity index is 1.91. The van der Waals surface area contributed by atoms with E-state index in [1.807, 2.05) is 0 Å². The molecule has 3 heteroatoms. The Kier molecular flexibility index (Phi) is 5.49. The highest BCUT2D eigenvalue weighted by Crippen LogP contribution is 2.36. The molecule has 2 fully saturated rings. The lowest BCUT2D eigenvalue weighted by Gasteiger charge is -2.42. The molecule has 0 bridgehead atoms. The first-order valence-corrected chi connectivity index (χ1v) is 8.35. The molecular weight excluding hydrogens is 250 g/mol. The zero-order valence-corrected chi connectivity index (χ0v) is 13.8. The second-order valence-corrected chi connectivity index (χ2v) is 8.03. The summed E-state index contributed by atoms with van der Waals surface area (Å²) < 4.78 is 11.9. The predicted molar refractivity (Wildman–Crippen MR) is 83.0 cm³/mol. The summed E-state index contributed by atoms with van der Waals surface area (Å²) in [6.45, 7) is 12.7. The molecule has 1 aliphatic carbocycles. The maximum absolute atomic E-state index is 6.48. The number of rotatable bonds is 5.